The van der Waals surface area contributed by atoms with Crippen molar-refractivity contribution in [3.63, 3.8) is 0 Å². The normalized spacial score (nSPS) is 12.1. The average molecular weight is 245 g/mol. The molecule has 1 unspecified atom stereocenters. The van der Waals surface area contributed by atoms with Crippen molar-refractivity contribution in [2.24, 2.45) is 0 Å². The van der Waals surface area contributed by atoms with E-state index in [1.54, 1.807) is 0 Å². The molecule has 0 bridgehead atoms. The molecule has 1 N–H and O–H groups in total. The maximum Gasteiger partial charge on any atom is 0.179 e. The van der Waals surface area contributed by atoms with Crippen LogP contribution in [-0.2, 0) is 17.8 Å². The van der Waals surface area contributed by atoms with Gasteiger partial charge in [0.25, 0.3) is 0 Å². The molecule has 0 heterocycles. The first-order valence-corrected chi connectivity index (χ1v) is 6.77. The van der Waals surface area contributed by atoms with Crippen molar-refractivity contribution in [1.82, 2.24) is 0 Å². The number of hydrogen-bond acceptors (Lipinski definition) is 2. The third-order valence-corrected chi connectivity index (χ3v) is 3.62. The van der Waals surface area contributed by atoms with E-state index >= 15 is 0 Å². The summed E-state index contributed by atoms with van der Waals surface area (Å²) in [4.78, 5) is 0.786. The predicted octanol–water partition coefficient (Wildman–Crippen LogP) is 3.38. The molecule has 0 saturated carbocycles. The zero-order valence-electron chi connectivity index (χ0n) is 9.72. The van der Waals surface area contributed by atoms with E-state index in [9.17, 15) is 4.55 Å². The molecule has 0 aromatic heterocycles. The molecule has 1 atom stereocenters. The Hall–Kier alpha value is -1.45. The summed E-state index contributed by atoms with van der Waals surface area (Å²) in [6, 6.07) is 17.4. The fraction of sp³-hybridized carbons (Fsp3) is 0.143. The van der Waals surface area contributed by atoms with Crippen molar-refractivity contribution in [3.05, 3.63) is 60.2 Å². The Morgan fingerprint density at radius 2 is 1.82 bits per heavy atom. The van der Waals surface area contributed by atoms with Crippen LogP contribution in [0.5, 0.6) is 0 Å². The second-order valence-electron chi connectivity index (χ2n) is 3.74. The van der Waals surface area contributed by atoms with E-state index in [-0.39, 0.29) is 0 Å². The molecule has 2 nitrogen and oxygen atoms in total. The Balaban J connectivity index is 2.10. The smallest absolute Gasteiger partial charge is 0.179 e. The van der Waals surface area contributed by atoms with Crippen LogP contribution in [0.1, 0.15) is 12.5 Å². The summed E-state index contributed by atoms with van der Waals surface area (Å²) in [5, 5.41) is 0. The highest BCUT2D eigenvalue weighted by atomic mass is 32.2. The molecule has 0 aliphatic rings. The molecule has 0 saturated heterocycles. The number of benzene rings is 2. The minimum atomic E-state index is -1.19. The second-order valence-corrected chi connectivity index (χ2v) is 4.95. The van der Waals surface area contributed by atoms with Gasteiger partial charge in [0, 0.05) is 0 Å². The lowest BCUT2D eigenvalue weighted by Gasteiger charge is -2.11. The Kier molecular flexibility index (Phi) is 4.07. The van der Waals surface area contributed by atoms with Crippen molar-refractivity contribution in [2.75, 3.05) is 4.72 Å². The summed E-state index contributed by atoms with van der Waals surface area (Å²) in [6.45, 7) is 2.10. The number of nitrogens with one attached hydrogen (secondary N) is 1. The van der Waals surface area contributed by atoms with Crippen LogP contribution >= 0.6 is 0 Å². The quantitative estimate of drug-likeness (QED) is 0.838. The van der Waals surface area contributed by atoms with Gasteiger partial charge in [-0.05, 0) is 36.2 Å². The van der Waals surface area contributed by atoms with E-state index in [0.717, 1.165) is 17.0 Å². The van der Waals surface area contributed by atoms with Crippen LogP contribution in [0.15, 0.2) is 59.5 Å². The maximum atomic E-state index is 12.0. The van der Waals surface area contributed by atoms with Crippen LogP contribution in [0, 0.1) is 0 Å². The molecule has 0 fully saturated rings. The van der Waals surface area contributed by atoms with Crippen LogP contribution in [-0.4, -0.2) is 4.55 Å². The standard InChI is InChI=1S/C14H15NOS/c1-2-12-7-6-8-13(11-12)15-17(16)14-9-4-3-5-10-14/h3-11,15H,2H2,1H3. The van der Waals surface area contributed by atoms with E-state index in [1.165, 1.54) is 5.56 Å². The zero-order valence-corrected chi connectivity index (χ0v) is 10.5. The van der Waals surface area contributed by atoms with Crippen LogP contribution < -0.4 is 4.72 Å². The van der Waals surface area contributed by atoms with Crippen LogP contribution in [0.3, 0.4) is 0 Å². The largest absolute Gasteiger partial charge is 0.588 e. The average Bonchev–Trinajstić information content (AvgIpc) is 2.40. The first-order chi connectivity index (χ1) is 8.29. The molecule has 2 rings (SSSR count). The van der Waals surface area contributed by atoms with Gasteiger partial charge in [-0.3, -0.25) is 0 Å². The van der Waals surface area contributed by atoms with Gasteiger partial charge in [-0.15, -0.1) is 0 Å². The number of rotatable bonds is 4. The molecule has 0 aliphatic heterocycles. The van der Waals surface area contributed by atoms with E-state index in [1.807, 2.05) is 48.5 Å². The SMILES string of the molecule is CCc1cccc(N[S+]([O-])c2ccccc2)c1. The monoisotopic (exact) mass is 245 g/mol. The Labute approximate surface area is 105 Å². The van der Waals surface area contributed by atoms with Gasteiger partial charge >= 0.3 is 0 Å². The number of anilines is 1. The highest BCUT2D eigenvalue weighted by Gasteiger charge is 2.10. The van der Waals surface area contributed by atoms with Gasteiger partial charge in [0.2, 0.25) is 0 Å². The molecule has 17 heavy (non-hydrogen) atoms. The van der Waals surface area contributed by atoms with Crippen molar-refractivity contribution >= 4 is 17.0 Å². The lowest BCUT2D eigenvalue weighted by molar-refractivity contribution is 0.600. The van der Waals surface area contributed by atoms with Crippen molar-refractivity contribution in [3.8, 4) is 0 Å². The molecule has 0 radical (unpaired) electrons. The zero-order chi connectivity index (χ0) is 12.1. The second kappa shape index (κ2) is 5.75. The predicted molar refractivity (Wildman–Crippen MR) is 72.3 cm³/mol. The topological polar surface area (TPSA) is 35.1 Å². The third-order valence-electron chi connectivity index (χ3n) is 2.50. The van der Waals surface area contributed by atoms with E-state index < -0.39 is 11.4 Å². The molecule has 3 heteroatoms. The van der Waals surface area contributed by atoms with Gasteiger partial charge in [0.1, 0.15) is 11.4 Å². The van der Waals surface area contributed by atoms with E-state index in [0.29, 0.717) is 0 Å². The lowest BCUT2D eigenvalue weighted by Crippen LogP contribution is -2.12. The van der Waals surface area contributed by atoms with Crippen LogP contribution in [0.4, 0.5) is 5.69 Å². The van der Waals surface area contributed by atoms with Gasteiger partial charge in [-0.1, -0.05) is 37.3 Å². The van der Waals surface area contributed by atoms with E-state index in [4.69, 9.17) is 0 Å². The van der Waals surface area contributed by atoms with Gasteiger partial charge in [0.05, 0.1) is 5.69 Å². The van der Waals surface area contributed by atoms with Gasteiger partial charge in [0.15, 0.2) is 4.90 Å². The molecule has 2 aromatic rings. The molecule has 0 aliphatic carbocycles. The minimum absolute atomic E-state index is 0.786. The lowest BCUT2D eigenvalue weighted by atomic mass is 10.1. The molecular weight excluding hydrogens is 230 g/mol. The highest BCUT2D eigenvalue weighted by molar-refractivity contribution is 7.92. The van der Waals surface area contributed by atoms with Gasteiger partial charge < -0.3 is 4.55 Å². The summed E-state index contributed by atoms with van der Waals surface area (Å²) in [5.41, 5.74) is 2.13. The Morgan fingerprint density at radius 3 is 2.53 bits per heavy atom. The molecule has 2 aromatic carbocycles. The summed E-state index contributed by atoms with van der Waals surface area (Å²) in [7, 11) is 0. The first-order valence-electron chi connectivity index (χ1n) is 5.62. The Morgan fingerprint density at radius 1 is 1.06 bits per heavy atom. The number of hydrogen-bond donors (Lipinski definition) is 1. The first kappa shape index (κ1) is 12.0. The highest BCUT2D eigenvalue weighted by Crippen LogP contribution is 2.17. The summed E-state index contributed by atoms with van der Waals surface area (Å²) < 4.78 is 15.0. The summed E-state index contributed by atoms with van der Waals surface area (Å²) >= 11 is -1.19. The van der Waals surface area contributed by atoms with Crippen molar-refractivity contribution in [1.29, 1.82) is 0 Å². The van der Waals surface area contributed by atoms with Gasteiger partial charge in [-0.25, -0.2) is 4.72 Å². The van der Waals surface area contributed by atoms with Crippen molar-refractivity contribution in [2.45, 2.75) is 18.2 Å². The van der Waals surface area contributed by atoms with Gasteiger partial charge in [-0.2, -0.15) is 0 Å². The molecular formula is C14H15NOS. The molecule has 0 amide bonds. The third kappa shape index (κ3) is 3.25. The van der Waals surface area contributed by atoms with E-state index in [2.05, 4.69) is 17.7 Å². The Bertz CT molecular complexity index is 473. The van der Waals surface area contributed by atoms with Crippen molar-refractivity contribution < 1.29 is 4.55 Å². The minimum Gasteiger partial charge on any atom is -0.588 e. The summed E-state index contributed by atoms with van der Waals surface area (Å²) in [6.07, 6.45) is 0.980. The number of aryl methyl sites for hydroxylation is 1. The maximum absolute atomic E-state index is 12.0. The van der Waals surface area contributed by atoms with Crippen LogP contribution in [0.2, 0.25) is 0 Å². The fourth-order valence-electron chi connectivity index (χ4n) is 1.56. The molecule has 0 spiro atoms. The molecule has 88 valence electrons. The fourth-order valence-corrected chi connectivity index (χ4v) is 2.43. The van der Waals surface area contributed by atoms with Crippen LogP contribution in [0.25, 0.3) is 0 Å². The summed E-state index contributed by atoms with van der Waals surface area (Å²) in [5.74, 6) is 0.